The van der Waals surface area contributed by atoms with Crippen LogP contribution in [0.4, 0.5) is 0 Å². The first-order valence-corrected chi connectivity index (χ1v) is 14.5. The molecule has 0 aliphatic heterocycles. The van der Waals surface area contributed by atoms with Crippen molar-refractivity contribution in [2.45, 2.75) is 67.2 Å². The summed E-state index contributed by atoms with van der Waals surface area (Å²) in [7, 11) is 4.75. The molecule has 4 aromatic carbocycles. The first-order valence-electron chi connectivity index (χ1n) is 14.5. The molecule has 41 heavy (non-hydrogen) atoms. The van der Waals surface area contributed by atoms with E-state index in [2.05, 4.69) is 102 Å². The molecule has 2 nitrogen and oxygen atoms in total. The summed E-state index contributed by atoms with van der Waals surface area (Å²) in [5.41, 5.74) is 17.7. The van der Waals surface area contributed by atoms with Crippen molar-refractivity contribution in [2.75, 3.05) is 21.1 Å². The molecule has 0 heterocycles. The van der Waals surface area contributed by atoms with Crippen LogP contribution in [0, 0.1) is 0 Å². The van der Waals surface area contributed by atoms with Crippen molar-refractivity contribution >= 4 is 0 Å². The maximum Gasteiger partial charge on any atom is 0 e. The zero-order valence-corrected chi connectivity index (χ0v) is 40.2. The van der Waals surface area contributed by atoms with Crippen LogP contribution >= 0.6 is 0 Å². The second-order valence-corrected chi connectivity index (χ2v) is 8.23. The third kappa shape index (κ3) is 12.5. The van der Waals surface area contributed by atoms with Crippen LogP contribution in [0.3, 0.4) is 0 Å². The van der Waals surface area contributed by atoms with E-state index in [1.54, 1.807) is 14.1 Å². The number of nitrogens with zero attached hydrogens (tertiary/aromatic N) is 1. The van der Waals surface area contributed by atoms with Gasteiger partial charge in [-0.2, -0.15) is 21.1 Å². The van der Waals surface area contributed by atoms with E-state index >= 15 is 0 Å². The minimum atomic E-state index is 0. The minimum Gasteiger partial charge on any atom is -0.680 e. The van der Waals surface area contributed by atoms with E-state index in [-0.39, 0.29) is 0 Å². The van der Waals surface area contributed by atoms with Crippen molar-refractivity contribution in [1.82, 2.24) is 0 Å². The maximum absolute atomic E-state index is 5.75. The predicted octanol–water partition coefficient (Wildman–Crippen LogP) is 10.7. The zero-order valence-electron chi connectivity index (χ0n) is 27.4. The van der Waals surface area contributed by atoms with E-state index in [9.17, 15) is 0 Å². The fourth-order valence-electron chi connectivity index (χ4n) is 4.43. The van der Waals surface area contributed by atoms with Crippen LogP contribution in [0.5, 0.6) is 0 Å². The Hall–Kier alpha value is -5.20. The molecule has 0 radical (unpaired) electrons. The molecule has 2 aliphatic rings. The van der Waals surface area contributed by atoms with Gasteiger partial charge in [0.1, 0.15) is 0 Å². The summed E-state index contributed by atoms with van der Waals surface area (Å²) in [6.07, 6.45) is 4.41. The monoisotopic (exact) mass is 1060 g/mol. The van der Waals surface area contributed by atoms with Gasteiger partial charge in [0.2, 0.25) is 0 Å². The van der Waals surface area contributed by atoms with Gasteiger partial charge in [-0.1, -0.05) is 139 Å². The molecule has 1 N–H and O–H groups in total. The molecule has 4 aromatic rings. The van der Waals surface area contributed by atoms with Gasteiger partial charge in [0.25, 0.3) is 0 Å². The third-order valence-corrected chi connectivity index (χ3v) is 6.00. The van der Waals surface area contributed by atoms with Crippen LogP contribution in [0.1, 0.15) is 86.1 Å². The van der Waals surface area contributed by atoms with Crippen LogP contribution in [-0.2, 0) is 25.7 Å². The molecule has 0 amide bonds. The van der Waals surface area contributed by atoms with Gasteiger partial charge in [-0.05, 0) is 70.2 Å². The molecule has 0 atom stereocenters. The van der Waals surface area contributed by atoms with E-state index in [0.717, 1.165) is 25.7 Å². The molecule has 0 bridgehead atoms. The van der Waals surface area contributed by atoms with Gasteiger partial charge >= 0.3 is 0 Å². The Labute approximate surface area is 240 Å². The summed E-state index contributed by atoms with van der Waals surface area (Å²) in [6.45, 7) is 12.0. The summed E-state index contributed by atoms with van der Waals surface area (Å²) >= 11 is 0. The summed E-state index contributed by atoms with van der Waals surface area (Å²) < 4.78 is 0. The standard InChI is InChI=1S/2C14H12.C2H6N.3C2H6.CH4N.2Rf/c2*1-2-6-12-10-14-8-4-3-7-13(14)9-11(12)5-1;1-3-2;4*1-2;;/h2*1-8H,9-10H2;1-2H3;3*1-2H3;2H,1H3;;/q;;-1;;;;-1;;. The van der Waals surface area contributed by atoms with Gasteiger partial charge in [0.15, 0.2) is 0 Å². The number of rotatable bonds is 0. The predicted molar refractivity (Wildman–Crippen MR) is 176 cm³/mol. The Morgan fingerprint density at radius 1 is 0.366 bits per heavy atom. The van der Waals surface area contributed by atoms with E-state index in [0.29, 0.717) is 0 Å². The second-order valence-electron chi connectivity index (χ2n) is 8.23. The van der Waals surface area contributed by atoms with E-state index in [1.165, 1.54) is 51.6 Å². The van der Waals surface area contributed by atoms with Crippen molar-refractivity contribution in [1.29, 1.82) is 0 Å². The number of fused-ring (bicyclic) bond motifs is 4. The fourth-order valence-corrected chi connectivity index (χ4v) is 4.43. The van der Waals surface area contributed by atoms with Gasteiger partial charge in [-0.3, -0.25) is 0 Å². The molecule has 0 aromatic heterocycles. The number of hydrogen-bond acceptors (Lipinski definition) is 0. The van der Waals surface area contributed by atoms with Gasteiger partial charge in [0.05, 0.1) is 0 Å². The Morgan fingerprint density at radius 3 is 0.561 bits per heavy atom. The Morgan fingerprint density at radius 2 is 0.463 bits per heavy atom. The van der Waals surface area contributed by atoms with Crippen molar-refractivity contribution in [3.63, 3.8) is 0 Å². The van der Waals surface area contributed by atoms with E-state index in [4.69, 9.17) is 5.73 Å². The van der Waals surface area contributed by atoms with Crippen LogP contribution in [0.25, 0.3) is 11.1 Å². The molecule has 0 spiro atoms. The van der Waals surface area contributed by atoms with Gasteiger partial charge < -0.3 is 11.1 Å². The number of benzene rings is 4. The van der Waals surface area contributed by atoms with Crippen LogP contribution < -0.4 is 0 Å². The Bertz CT molecular complexity index is 893. The Balaban J connectivity index is -0.000000509. The van der Waals surface area contributed by atoms with E-state index < -0.39 is 0 Å². The first-order chi connectivity index (χ1) is 19.3. The van der Waals surface area contributed by atoms with Gasteiger partial charge in [0, 0.05) is 0 Å². The summed E-state index contributed by atoms with van der Waals surface area (Å²) in [4.78, 5) is 0. The molecular formula is C37H52N2Rf2-2. The summed E-state index contributed by atoms with van der Waals surface area (Å²) in [6, 6.07) is 35.0. The van der Waals surface area contributed by atoms with E-state index in [1.807, 2.05) is 41.5 Å². The van der Waals surface area contributed by atoms with Crippen molar-refractivity contribution in [3.8, 4) is 0 Å². The topological polar surface area (TPSA) is 37.9 Å². The molecule has 0 fully saturated rings. The largest absolute Gasteiger partial charge is 0.680 e. The minimum absolute atomic E-state index is 0. The molecule has 4 heteroatoms. The van der Waals surface area contributed by atoms with Crippen molar-refractivity contribution in [3.05, 3.63) is 153 Å². The summed E-state index contributed by atoms with van der Waals surface area (Å²) in [5.74, 6) is 0. The maximum atomic E-state index is 5.75. The average Bonchev–Trinajstić information content (AvgIpc) is 3.03. The number of nitrogens with one attached hydrogen (secondary N) is 1. The molecular weight excluding hydrogens is 1010 g/mol. The average molecular weight is 1060 g/mol. The second kappa shape index (κ2) is 25.1. The summed E-state index contributed by atoms with van der Waals surface area (Å²) in [5, 5.41) is 3.50. The fraction of sp³-hybridized carbons (Fsp3) is 0.351. The molecule has 2 aliphatic carbocycles. The van der Waals surface area contributed by atoms with Gasteiger partial charge in [-0.15, -0.1) is 0 Å². The smallest absolute Gasteiger partial charge is 0 e. The van der Waals surface area contributed by atoms with Crippen molar-refractivity contribution in [2.24, 2.45) is 0 Å². The third-order valence-electron chi connectivity index (χ3n) is 6.00. The zero-order chi connectivity index (χ0) is 29.5. The van der Waals surface area contributed by atoms with Gasteiger partial charge in [-0.25, -0.2) is 0 Å². The molecule has 0 saturated heterocycles. The van der Waals surface area contributed by atoms with Crippen LogP contribution in [0.2, 0.25) is 0 Å². The SMILES string of the molecule is CC.CC.CC.C[N-]C.C[NH-].[Rf].[Rf].c1ccc2c(c1)Cc1ccccc1C2.c1ccc2c(c1)Cc1ccccc1C2. The Kier molecular flexibility index (Phi) is 24.7. The van der Waals surface area contributed by atoms with Crippen LogP contribution in [0.15, 0.2) is 97.1 Å². The van der Waals surface area contributed by atoms with Crippen LogP contribution in [-0.4, -0.2) is 21.1 Å². The molecule has 6 rings (SSSR count). The molecule has 216 valence electrons. The molecule has 0 unspecified atom stereocenters. The normalized spacial score (nSPS) is 10.0. The van der Waals surface area contributed by atoms with Crippen molar-refractivity contribution < 1.29 is 0 Å². The number of hydrogen-bond donors (Lipinski definition) is 0. The molecule has 0 saturated carbocycles. The quantitative estimate of drug-likeness (QED) is 0.145. The first kappa shape index (κ1) is 40.3.